The Bertz CT molecular complexity index is 393. The summed E-state index contributed by atoms with van der Waals surface area (Å²) in [6.07, 6.45) is 1.52. The fourth-order valence-electron chi connectivity index (χ4n) is 1.23. The minimum absolute atomic E-state index is 0.200. The number of hydrogen-bond acceptors (Lipinski definition) is 5. The molecule has 1 atom stereocenters. The van der Waals surface area contributed by atoms with E-state index in [0.717, 1.165) is 0 Å². The predicted octanol–water partition coefficient (Wildman–Crippen LogP) is -0.889. The van der Waals surface area contributed by atoms with Crippen molar-refractivity contribution in [1.29, 1.82) is 0 Å². The normalized spacial score (nSPS) is 11.1. The van der Waals surface area contributed by atoms with Gasteiger partial charge in [0.05, 0.1) is 6.54 Å². The molecule has 5 N–H and O–H groups in total. The second-order valence-corrected chi connectivity index (χ2v) is 3.96. The van der Waals surface area contributed by atoms with Gasteiger partial charge in [-0.1, -0.05) is 5.11 Å². The highest BCUT2D eigenvalue weighted by Crippen LogP contribution is 1.98. The highest BCUT2D eigenvalue weighted by molar-refractivity contribution is 5.85. The number of carboxylic acid groups (broad SMARTS) is 1. The Kier molecular flexibility index (Phi) is 9.36. The van der Waals surface area contributed by atoms with Gasteiger partial charge in [-0.2, -0.15) is 0 Å². The first-order valence-electron chi connectivity index (χ1n) is 6.00. The monoisotopic (exact) mass is 286 g/mol. The van der Waals surface area contributed by atoms with E-state index in [4.69, 9.17) is 16.4 Å². The number of aliphatic carboxylic acids is 1. The Labute approximate surface area is 115 Å². The van der Waals surface area contributed by atoms with Gasteiger partial charge in [-0.05, 0) is 24.8 Å². The van der Waals surface area contributed by atoms with Crippen molar-refractivity contribution in [3.05, 3.63) is 10.4 Å². The molecule has 0 bridgehead atoms. The third-order valence-electron chi connectivity index (χ3n) is 2.30. The third kappa shape index (κ3) is 9.68. The van der Waals surface area contributed by atoms with Crippen LogP contribution in [0.1, 0.15) is 19.3 Å². The van der Waals surface area contributed by atoms with Gasteiger partial charge in [0.25, 0.3) is 0 Å². The molecule has 0 radical (unpaired) electrons. The van der Waals surface area contributed by atoms with Gasteiger partial charge in [-0.25, -0.2) is 0 Å². The molecule has 10 heteroatoms. The molecule has 20 heavy (non-hydrogen) atoms. The van der Waals surface area contributed by atoms with Crippen molar-refractivity contribution in [2.45, 2.75) is 25.3 Å². The number of carboxylic acids is 1. The summed E-state index contributed by atoms with van der Waals surface area (Å²) in [4.78, 5) is 35.1. The van der Waals surface area contributed by atoms with Crippen molar-refractivity contribution >= 4 is 17.8 Å². The molecule has 0 spiro atoms. The van der Waals surface area contributed by atoms with Crippen molar-refractivity contribution in [2.24, 2.45) is 10.8 Å². The summed E-state index contributed by atoms with van der Waals surface area (Å²) in [7, 11) is 0. The summed E-state index contributed by atoms with van der Waals surface area (Å²) in [5.41, 5.74) is 13.3. The molecule has 0 aromatic carbocycles. The SMILES string of the molecule is [N-]=[N+]=NCC(=O)NCC(=O)NCCCCC(N)C(=O)O. The van der Waals surface area contributed by atoms with Crippen LogP contribution in [0.15, 0.2) is 5.11 Å². The molecular formula is C10H18N6O4. The Morgan fingerprint density at radius 2 is 1.95 bits per heavy atom. The number of carbonyl (C=O) groups is 3. The van der Waals surface area contributed by atoms with Crippen LogP contribution in [0.3, 0.4) is 0 Å². The third-order valence-corrected chi connectivity index (χ3v) is 2.30. The van der Waals surface area contributed by atoms with Crippen molar-refractivity contribution in [3.8, 4) is 0 Å². The zero-order valence-electron chi connectivity index (χ0n) is 10.9. The minimum atomic E-state index is -1.04. The van der Waals surface area contributed by atoms with Crippen LogP contribution in [0.25, 0.3) is 10.4 Å². The summed E-state index contributed by atoms with van der Waals surface area (Å²) in [6.45, 7) is -0.178. The average molecular weight is 286 g/mol. The van der Waals surface area contributed by atoms with E-state index >= 15 is 0 Å². The highest BCUT2D eigenvalue weighted by atomic mass is 16.4. The molecule has 0 aliphatic heterocycles. The van der Waals surface area contributed by atoms with Gasteiger partial charge < -0.3 is 21.5 Å². The predicted molar refractivity (Wildman–Crippen MR) is 69.5 cm³/mol. The molecular weight excluding hydrogens is 268 g/mol. The molecule has 0 aliphatic rings. The molecule has 10 nitrogen and oxygen atoms in total. The van der Waals surface area contributed by atoms with Gasteiger partial charge in [-0.3, -0.25) is 14.4 Å². The minimum Gasteiger partial charge on any atom is -0.480 e. The van der Waals surface area contributed by atoms with E-state index in [1.54, 1.807) is 0 Å². The van der Waals surface area contributed by atoms with Crippen LogP contribution < -0.4 is 16.4 Å². The van der Waals surface area contributed by atoms with Crippen molar-refractivity contribution in [2.75, 3.05) is 19.6 Å². The topological polar surface area (TPSA) is 170 Å². The van der Waals surface area contributed by atoms with Crippen LogP contribution in [0, 0.1) is 0 Å². The van der Waals surface area contributed by atoms with E-state index in [9.17, 15) is 14.4 Å². The van der Waals surface area contributed by atoms with E-state index in [1.165, 1.54) is 0 Å². The highest BCUT2D eigenvalue weighted by Gasteiger charge is 2.10. The number of nitrogens with zero attached hydrogens (tertiary/aromatic N) is 3. The van der Waals surface area contributed by atoms with Crippen molar-refractivity contribution in [3.63, 3.8) is 0 Å². The molecule has 0 fully saturated rings. The van der Waals surface area contributed by atoms with Gasteiger partial charge in [0.2, 0.25) is 11.8 Å². The largest absolute Gasteiger partial charge is 0.480 e. The number of carbonyl (C=O) groups excluding carboxylic acids is 2. The van der Waals surface area contributed by atoms with Gasteiger partial charge in [0, 0.05) is 11.5 Å². The van der Waals surface area contributed by atoms with Crippen molar-refractivity contribution < 1.29 is 19.5 Å². The number of amides is 2. The maximum Gasteiger partial charge on any atom is 0.320 e. The number of unbranched alkanes of at least 4 members (excludes halogenated alkanes) is 1. The molecule has 0 saturated heterocycles. The maximum atomic E-state index is 11.3. The Hall–Kier alpha value is -2.32. The lowest BCUT2D eigenvalue weighted by Crippen LogP contribution is -2.38. The smallest absolute Gasteiger partial charge is 0.320 e. The Morgan fingerprint density at radius 3 is 2.55 bits per heavy atom. The maximum absolute atomic E-state index is 11.3. The van der Waals surface area contributed by atoms with E-state index in [2.05, 4.69) is 20.7 Å². The molecule has 0 aliphatic carbocycles. The van der Waals surface area contributed by atoms with Gasteiger partial charge in [0.1, 0.15) is 12.6 Å². The van der Waals surface area contributed by atoms with E-state index in [-0.39, 0.29) is 19.0 Å². The van der Waals surface area contributed by atoms with Crippen LogP contribution in [0.2, 0.25) is 0 Å². The van der Waals surface area contributed by atoms with Crippen LogP contribution in [0.5, 0.6) is 0 Å². The summed E-state index contributed by atoms with van der Waals surface area (Å²) < 4.78 is 0. The lowest BCUT2D eigenvalue weighted by molar-refractivity contribution is -0.138. The lowest BCUT2D eigenvalue weighted by Gasteiger charge is -2.07. The number of nitrogens with two attached hydrogens (primary N) is 1. The van der Waals surface area contributed by atoms with Gasteiger partial charge >= 0.3 is 5.97 Å². The molecule has 2 amide bonds. The second kappa shape index (κ2) is 10.6. The molecule has 1 unspecified atom stereocenters. The molecule has 0 rings (SSSR count). The molecule has 0 saturated carbocycles. The van der Waals surface area contributed by atoms with E-state index < -0.39 is 17.9 Å². The fraction of sp³-hybridized carbons (Fsp3) is 0.700. The summed E-state index contributed by atoms with van der Waals surface area (Å²) in [6, 6.07) is -0.884. The molecule has 112 valence electrons. The Morgan fingerprint density at radius 1 is 1.25 bits per heavy atom. The van der Waals surface area contributed by atoms with Crippen LogP contribution in [0.4, 0.5) is 0 Å². The zero-order chi connectivity index (χ0) is 15.4. The number of rotatable bonds is 10. The molecule has 0 heterocycles. The second-order valence-electron chi connectivity index (χ2n) is 3.96. The number of nitrogens with one attached hydrogen (secondary N) is 2. The zero-order valence-corrected chi connectivity index (χ0v) is 10.9. The molecule has 0 aromatic heterocycles. The number of hydrogen-bond donors (Lipinski definition) is 4. The summed E-state index contributed by atoms with van der Waals surface area (Å²) >= 11 is 0. The molecule has 0 aromatic rings. The van der Waals surface area contributed by atoms with Crippen LogP contribution in [-0.2, 0) is 14.4 Å². The average Bonchev–Trinajstić information content (AvgIpc) is 2.41. The standard InChI is InChI=1S/C10H18N6O4/c11-7(10(19)20)3-1-2-4-13-8(17)5-14-9(18)6-15-16-12/h7H,1-6,11H2,(H,13,17)(H,14,18)(H,19,20). The van der Waals surface area contributed by atoms with Crippen LogP contribution in [-0.4, -0.2) is 48.6 Å². The quantitative estimate of drug-likeness (QED) is 0.176. The van der Waals surface area contributed by atoms with Crippen molar-refractivity contribution in [1.82, 2.24) is 10.6 Å². The first kappa shape index (κ1) is 17.7. The van der Waals surface area contributed by atoms with Gasteiger partial charge in [0.15, 0.2) is 0 Å². The van der Waals surface area contributed by atoms with Gasteiger partial charge in [-0.15, -0.1) is 0 Å². The summed E-state index contributed by atoms with van der Waals surface area (Å²) in [5.74, 6) is -1.95. The fourth-order valence-corrected chi connectivity index (χ4v) is 1.23. The first-order chi connectivity index (χ1) is 9.47. The summed E-state index contributed by atoms with van der Waals surface area (Å²) in [5, 5.41) is 16.4. The van der Waals surface area contributed by atoms with E-state index in [1.807, 2.05) is 0 Å². The number of azide groups is 1. The Balaban J connectivity index is 3.57. The van der Waals surface area contributed by atoms with Crippen LogP contribution >= 0.6 is 0 Å². The van der Waals surface area contributed by atoms with E-state index in [0.29, 0.717) is 25.8 Å². The first-order valence-corrected chi connectivity index (χ1v) is 6.00. The lowest BCUT2D eigenvalue weighted by atomic mass is 10.1.